The fourth-order valence-corrected chi connectivity index (χ4v) is 5.40. The van der Waals surface area contributed by atoms with Gasteiger partial charge in [-0.05, 0) is 57.4 Å². The largest absolute Gasteiger partial charge is 0.356 e. The molecular weight excluding hydrogens is 356 g/mol. The monoisotopic (exact) mass is 386 g/mol. The minimum atomic E-state index is 0.139. The average Bonchev–Trinajstić information content (AvgIpc) is 3.45. The molecule has 1 fully saturated rings. The van der Waals surface area contributed by atoms with E-state index in [-0.39, 0.29) is 5.91 Å². The predicted molar refractivity (Wildman–Crippen MR) is 112 cm³/mol. The molecule has 0 atom stereocenters. The van der Waals surface area contributed by atoms with Gasteiger partial charge in [0.15, 0.2) is 0 Å². The van der Waals surface area contributed by atoms with Gasteiger partial charge in [-0.2, -0.15) is 0 Å². The molecule has 2 aromatic rings. The highest BCUT2D eigenvalue weighted by atomic mass is 32.1. The van der Waals surface area contributed by atoms with Crippen LogP contribution in [0.15, 0.2) is 0 Å². The number of carbonyl (C=O) groups is 1. The molecule has 2 aromatic heterocycles. The molecule has 0 N–H and O–H groups in total. The van der Waals surface area contributed by atoms with Crippen LogP contribution in [0.2, 0.25) is 0 Å². The Balaban J connectivity index is 1.72. The van der Waals surface area contributed by atoms with Crippen LogP contribution in [0, 0.1) is 0 Å². The van der Waals surface area contributed by atoms with Crippen LogP contribution in [0.5, 0.6) is 0 Å². The molecule has 1 saturated carbocycles. The second-order valence-electron chi connectivity index (χ2n) is 7.85. The van der Waals surface area contributed by atoms with Crippen molar-refractivity contribution in [2.75, 3.05) is 25.0 Å². The highest BCUT2D eigenvalue weighted by Crippen LogP contribution is 2.41. The van der Waals surface area contributed by atoms with Gasteiger partial charge < -0.3 is 9.80 Å². The Morgan fingerprint density at radius 2 is 1.96 bits per heavy atom. The van der Waals surface area contributed by atoms with Crippen molar-refractivity contribution >= 4 is 33.3 Å². The molecule has 6 heteroatoms. The maximum absolute atomic E-state index is 12.7. The van der Waals surface area contributed by atoms with Crippen molar-refractivity contribution in [2.24, 2.45) is 0 Å². The fraction of sp³-hybridized carbons (Fsp3) is 0.667. The van der Waals surface area contributed by atoms with Gasteiger partial charge in [-0.1, -0.05) is 6.92 Å². The van der Waals surface area contributed by atoms with Crippen LogP contribution in [0.3, 0.4) is 0 Å². The third-order valence-electron chi connectivity index (χ3n) is 5.81. The van der Waals surface area contributed by atoms with E-state index < -0.39 is 0 Å². The number of anilines is 1. The van der Waals surface area contributed by atoms with Crippen molar-refractivity contribution in [2.45, 2.75) is 71.3 Å². The molecule has 0 unspecified atom stereocenters. The van der Waals surface area contributed by atoms with E-state index in [4.69, 9.17) is 9.97 Å². The number of likely N-dealkylation sites (N-methyl/N-ethyl adjacent to an activating group) is 1. The molecule has 1 amide bonds. The number of carbonyl (C=O) groups excluding carboxylic acids is 1. The van der Waals surface area contributed by atoms with E-state index in [1.807, 2.05) is 23.2 Å². The maximum atomic E-state index is 12.7. The Labute approximate surface area is 165 Å². The van der Waals surface area contributed by atoms with Gasteiger partial charge in [0.25, 0.3) is 0 Å². The van der Waals surface area contributed by atoms with E-state index in [1.165, 1.54) is 41.5 Å². The summed E-state index contributed by atoms with van der Waals surface area (Å²) in [6.45, 7) is 5.70. The highest BCUT2D eigenvalue weighted by molar-refractivity contribution is 7.19. The number of hydrogen-bond acceptors (Lipinski definition) is 5. The van der Waals surface area contributed by atoms with Gasteiger partial charge >= 0.3 is 0 Å². The Kier molecular flexibility index (Phi) is 5.35. The number of hydrogen-bond donors (Lipinski definition) is 0. The minimum absolute atomic E-state index is 0.139. The first-order chi connectivity index (χ1) is 13.1. The average molecular weight is 387 g/mol. The minimum Gasteiger partial charge on any atom is -0.356 e. The Morgan fingerprint density at radius 3 is 2.67 bits per heavy atom. The van der Waals surface area contributed by atoms with Crippen molar-refractivity contribution in [3.8, 4) is 0 Å². The van der Waals surface area contributed by atoms with E-state index in [0.29, 0.717) is 18.3 Å². The quantitative estimate of drug-likeness (QED) is 0.722. The molecule has 0 spiro atoms. The van der Waals surface area contributed by atoms with Gasteiger partial charge in [0.05, 0.1) is 11.8 Å². The van der Waals surface area contributed by atoms with E-state index >= 15 is 0 Å². The lowest BCUT2D eigenvalue weighted by atomic mass is 9.97. The van der Waals surface area contributed by atoms with Crippen LogP contribution >= 0.6 is 11.3 Å². The lowest BCUT2D eigenvalue weighted by Crippen LogP contribution is -2.33. The topological polar surface area (TPSA) is 49.3 Å². The first-order valence-corrected chi connectivity index (χ1v) is 11.3. The number of aromatic nitrogens is 2. The molecule has 5 nitrogen and oxygen atoms in total. The standard InChI is InChI=1S/C21H30N4OS/c1-4-12-25(5-2)18(26)13-17-22-20(24(3)14-10-11-14)19-15-8-6-7-9-16(15)27-21(19)23-17/h14H,4-13H2,1-3H3. The summed E-state index contributed by atoms with van der Waals surface area (Å²) in [6, 6.07) is 0.595. The zero-order chi connectivity index (χ0) is 19.0. The van der Waals surface area contributed by atoms with Gasteiger partial charge in [-0.25, -0.2) is 9.97 Å². The molecule has 0 radical (unpaired) electrons. The van der Waals surface area contributed by atoms with Crippen LogP contribution in [0.25, 0.3) is 10.2 Å². The van der Waals surface area contributed by atoms with Gasteiger partial charge in [-0.3, -0.25) is 4.79 Å². The summed E-state index contributed by atoms with van der Waals surface area (Å²) in [5.41, 5.74) is 1.47. The predicted octanol–water partition coefficient (Wildman–Crippen LogP) is 3.97. The SMILES string of the molecule is CCCN(CC)C(=O)Cc1nc(N(C)C2CC2)c2c3c(sc2n1)CCCC3. The Bertz CT molecular complexity index is 842. The summed E-state index contributed by atoms with van der Waals surface area (Å²) < 4.78 is 0. The molecule has 2 aliphatic rings. The molecule has 0 aliphatic heterocycles. The summed E-state index contributed by atoms with van der Waals surface area (Å²) in [7, 11) is 2.16. The molecule has 0 aromatic carbocycles. The van der Waals surface area contributed by atoms with Crippen molar-refractivity contribution in [3.63, 3.8) is 0 Å². The summed E-state index contributed by atoms with van der Waals surface area (Å²) in [4.78, 5) is 29.3. The summed E-state index contributed by atoms with van der Waals surface area (Å²) in [6.07, 6.45) is 8.60. The summed E-state index contributed by atoms with van der Waals surface area (Å²) in [5, 5.41) is 1.27. The summed E-state index contributed by atoms with van der Waals surface area (Å²) >= 11 is 1.83. The molecule has 2 heterocycles. The molecule has 0 saturated heterocycles. The van der Waals surface area contributed by atoms with Crippen molar-refractivity contribution < 1.29 is 4.79 Å². The van der Waals surface area contributed by atoms with E-state index in [1.54, 1.807) is 0 Å². The Morgan fingerprint density at radius 1 is 1.19 bits per heavy atom. The van der Waals surface area contributed by atoms with Gasteiger partial charge in [0.1, 0.15) is 16.5 Å². The second kappa shape index (κ2) is 7.74. The zero-order valence-electron chi connectivity index (χ0n) is 16.8. The van der Waals surface area contributed by atoms with Crippen molar-refractivity contribution in [1.29, 1.82) is 0 Å². The molecule has 146 valence electrons. The molecule has 0 bridgehead atoms. The first-order valence-electron chi connectivity index (χ1n) is 10.4. The molecule has 27 heavy (non-hydrogen) atoms. The Hall–Kier alpha value is -1.69. The maximum Gasteiger partial charge on any atom is 0.230 e. The highest BCUT2D eigenvalue weighted by Gasteiger charge is 2.31. The van der Waals surface area contributed by atoms with Crippen LogP contribution in [0.1, 0.15) is 62.2 Å². The number of nitrogens with zero attached hydrogens (tertiary/aromatic N) is 4. The summed E-state index contributed by atoms with van der Waals surface area (Å²) in [5.74, 6) is 1.88. The first kappa shape index (κ1) is 18.7. The normalized spacial score (nSPS) is 16.4. The van der Waals surface area contributed by atoms with Crippen LogP contribution < -0.4 is 4.90 Å². The van der Waals surface area contributed by atoms with Crippen molar-refractivity contribution in [3.05, 3.63) is 16.3 Å². The molecule has 2 aliphatic carbocycles. The lowest BCUT2D eigenvalue weighted by Gasteiger charge is -2.22. The van der Waals surface area contributed by atoms with E-state index in [9.17, 15) is 4.79 Å². The van der Waals surface area contributed by atoms with Gasteiger partial charge in [0.2, 0.25) is 5.91 Å². The van der Waals surface area contributed by atoms with Gasteiger partial charge in [-0.15, -0.1) is 11.3 Å². The molecular formula is C21H30N4OS. The number of amides is 1. The second-order valence-corrected chi connectivity index (χ2v) is 8.93. The number of thiophene rings is 1. The number of fused-ring (bicyclic) bond motifs is 3. The van der Waals surface area contributed by atoms with Crippen LogP contribution in [-0.4, -0.2) is 47.0 Å². The molecule has 4 rings (SSSR count). The van der Waals surface area contributed by atoms with Crippen LogP contribution in [-0.2, 0) is 24.1 Å². The third-order valence-corrected chi connectivity index (χ3v) is 6.99. The fourth-order valence-electron chi connectivity index (χ4n) is 4.13. The van der Waals surface area contributed by atoms with Gasteiger partial charge in [0, 0.05) is 31.1 Å². The third kappa shape index (κ3) is 3.68. The van der Waals surface area contributed by atoms with E-state index in [2.05, 4.69) is 18.9 Å². The van der Waals surface area contributed by atoms with Crippen molar-refractivity contribution in [1.82, 2.24) is 14.9 Å². The smallest absolute Gasteiger partial charge is 0.230 e. The van der Waals surface area contributed by atoms with Crippen LogP contribution in [0.4, 0.5) is 5.82 Å². The number of rotatable bonds is 7. The number of aryl methyl sites for hydroxylation is 2. The van der Waals surface area contributed by atoms with E-state index in [0.717, 1.165) is 43.0 Å². The zero-order valence-corrected chi connectivity index (χ0v) is 17.6. The lowest BCUT2D eigenvalue weighted by molar-refractivity contribution is -0.130.